The summed E-state index contributed by atoms with van der Waals surface area (Å²) in [7, 11) is 0. The van der Waals surface area contributed by atoms with Crippen molar-refractivity contribution in [1.29, 1.82) is 0 Å². The molecular weight excluding hydrogens is 393 g/mol. The van der Waals surface area contributed by atoms with Gasteiger partial charge >= 0.3 is 0 Å². The maximum absolute atomic E-state index is 14.1. The van der Waals surface area contributed by atoms with E-state index in [-0.39, 0.29) is 22.9 Å². The molecule has 7 heteroatoms. The maximum atomic E-state index is 14.1. The smallest absolute Gasteiger partial charge is 0.259 e. The monoisotopic (exact) mass is 409 g/mol. The summed E-state index contributed by atoms with van der Waals surface area (Å²) in [6.45, 7) is 2.18. The molecule has 0 aliphatic rings. The summed E-state index contributed by atoms with van der Waals surface area (Å²) in [5.74, 6) is -0.796. The zero-order valence-electron chi connectivity index (χ0n) is 15.5. The maximum Gasteiger partial charge on any atom is 0.259 e. The van der Waals surface area contributed by atoms with Crippen molar-refractivity contribution in [2.45, 2.75) is 13.5 Å². The number of para-hydroxylation sites is 1. The molecule has 1 amide bonds. The van der Waals surface area contributed by atoms with Crippen molar-refractivity contribution in [3.63, 3.8) is 0 Å². The number of hydrogen-bond donors (Lipinski definition) is 1. The topological polar surface area (TPSA) is 55.6 Å². The first-order valence-corrected chi connectivity index (χ1v) is 9.31. The van der Waals surface area contributed by atoms with Gasteiger partial charge in [0.1, 0.15) is 18.0 Å². The number of nitrogens with one attached hydrogen (secondary N) is 1. The molecule has 0 aliphatic heterocycles. The highest BCUT2D eigenvalue weighted by Crippen LogP contribution is 2.25. The van der Waals surface area contributed by atoms with Gasteiger partial charge in [0.05, 0.1) is 22.0 Å². The molecule has 2 aromatic heterocycles. The standard InChI is InChI=1S/C22H17ClFN3O2/c1-14-6-5-11-27-12-15(25-21(14)27)13-29-19-10-3-2-7-16(19)22(28)26-18-9-4-8-17(23)20(18)24/h2-12H,13H2,1H3,(H,26,28). The number of nitrogens with zero attached hydrogens (tertiary/aromatic N) is 2. The van der Waals surface area contributed by atoms with E-state index in [0.717, 1.165) is 16.9 Å². The molecule has 5 nitrogen and oxygen atoms in total. The number of fused-ring (bicyclic) bond motifs is 1. The fourth-order valence-corrected chi connectivity index (χ4v) is 3.17. The molecule has 4 rings (SSSR count). The normalized spacial score (nSPS) is 10.9. The summed E-state index contributed by atoms with van der Waals surface area (Å²) in [5, 5.41) is 2.48. The van der Waals surface area contributed by atoms with E-state index >= 15 is 0 Å². The summed E-state index contributed by atoms with van der Waals surface area (Å²) >= 11 is 5.78. The van der Waals surface area contributed by atoms with Gasteiger partial charge in [-0.25, -0.2) is 9.37 Å². The molecule has 0 fully saturated rings. The number of pyridine rings is 1. The SMILES string of the molecule is Cc1cccn2cc(COc3ccccc3C(=O)Nc3cccc(Cl)c3F)nc12. The predicted molar refractivity (Wildman–Crippen MR) is 110 cm³/mol. The Kier molecular flexibility index (Phi) is 5.18. The zero-order valence-corrected chi connectivity index (χ0v) is 16.3. The van der Waals surface area contributed by atoms with Gasteiger partial charge in [0.15, 0.2) is 5.82 Å². The van der Waals surface area contributed by atoms with Crippen molar-refractivity contribution in [3.05, 3.63) is 94.7 Å². The molecule has 0 aliphatic carbocycles. The largest absolute Gasteiger partial charge is 0.486 e. The first kappa shape index (κ1) is 19.0. The first-order valence-electron chi connectivity index (χ1n) is 8.93. The Balaban J connectivity index is 1.54. The van der Waals surface area contributed by atoms with Crippen LogP contribution in [0.4, 0.5) is 10.1 Å². The number of amides is 1. The summed E-state index contributed by atoms with van der Waals surface area (Å²) in [6.07, 6.45) is 3.80. The molecule has 0 spiro atoms. The van der Waals surface area contributed by atoms with Gasteiger partial charge in [-0.1, -0.05) is 35.9 Å². The van der Waals surface area contributed by atoms with Crippen LogP contribution in [-0.2, 0) is 6.61 Å². The summed E-state index contributed by atoms with van der Waals surface area (Å²) in [5.41, 5.74) is 2.94. The second-order valence-corrected chi connectivity index (χ2v) is 6.90. The number of imidazole rings is 1. The molecule has 0 saturated heterocycles. The fourth-order valence-electron chi connectivity index (χ4n) is 3.00. The van der Waals surface area contributed by atoms with E-state index in [1.165, 1.54) is 12.1 Å². The summed E-state index contributed by atoms with van der Waals surface area (Å²) < 4.78 is 21.9. The van der Waals surface area contributed by atoms with Gasteiger partial charge in [-0.15, -0.1) is 0 Å². The molecule has 4 aromatic rings. The van der Waals surface area contributed by atoms with E-state index < -0.39 is 11.7 Å². The highest BCUT2D eigenvalue weighted by molar-refractivity contribution is 6.31. The van der Waals surface area contributed by atoms with Crippen LogP contribution in [0.3, 0.4) is 0 Å². The molecule has 0 unspecified atom stereocenters. The van der Waals surface area contributed by atoms with Crippen molar-refractivity contribution >= 4 is 28.8 Å². The number of ether oxygens (including phenoxy) is 1. The number of halogens is 2. The van der Waals surface area contributed by atoms with Gasteiger partial charge in [-0.05, 0) is 42.8 Å². The average molecular weight is 410 g/mol. The number of hydrogen-bond acceptors (Lipinski definition) is 3. The summed E-state index contributed by atoms with van der Waals surface area (Å²) in [6, 6.07) is 15.1. The molecule has 0 radical (unpaired) electrons. The minimum Gasteiger partial charge on any atom is -0.486 e. The van der Waals surface area contributed by atoms with Crippen LogP contribution >= 0.6 is 11.6 Å². The van der Waals surface area contributed by atoms with Gasteiger partial charge in [0, 0.05) is 12.4 Å². The minimum absolute atomic E-state index is 0.00753. The van der Waals surface area contributed by atoms with Crippen LogP contribution in [-0.4, -0.2) is 15.3 Å². The van der Waals surface area contributed by atoms with Crippen LogP contribution in [0.2, 0.25) is 5.02 Å². The molecule has 2 aromatic carbocycles. The Morgan fingerprint density at radius 2 is 2.00 bits per heavy atom. The molecular formula is C22H17ClFN3O2. The Morgan fingerprint density at radius 1 is 1.17 bits per heavy atom. The van der Waals surface area contributed by atoms with E-state index in [9.17, 15) is 9.18 Å². The third-order valence-corrected chi connectivity index (χ3v) is 4.73. The first-order chi connectivity index (χ1) is 14.0. The van der Waals surface area contributed by atoms with Gasteiger partial charge in [-0.3, -0.25) is 4.79 Å². The van der Waals surface area contributed by atoms with Crippen molar-refractivity contribution in [1.82, 2.24) is 9.38 Å². The number of benzene rings is 2. The minimum atomic E-state index is -0.680. The number of carbonyl (C=O) groups is 1. The lowest BCUT2D eigenvalue weighted by atomic mass is 10.2. The highest BCUT2D eigenvalue weighted by atomic mass is 35.5. The number of aryl methyl sites for hydroxylation is 1. The van der Waals surface area contributed by atoms with E-state index in [1.807, 2.05) is 35.9 Å². The molecule has 0 saturated carbocycles. The fraction of sp³-hybridized carbons (Fsp3) is 0.0909. The van der Waals surface area contributed by atoms with Crippen molar-refractivity contribution in [3.8, 4) is 5.75 Å². The predicted octanol–water partition coefficient (Wildman–Crippen LogP) is 5.27. The zero-order chi connectivity index (χ0) is 20.4. The number of anilines is 1. The van der Waals surface area contributed by atoms with Crippen LogP contribution in [0.5, 0.6) is 5.75 Å². The lowest BCUT2D eigenvalue weighted by Crippen LogP contribution is -2.14. The molecule has 0 bridgehead atoms. The second-order valence-electron chi connectivity index (χ2n) is 6.49. The van der Waals surface area contributed by atoms with Gasteiger partial charge in [-0.2, -0.15) is 0 Å². The van der Waals surface area contributed by atoms with Crippen LogP contribution < -0.4 is 10.1 Å². The highest BCUT2D eigenvalue weighted by Gasteiger charge is 2.16. The van der Waals surface area contributed by atoms with E-state index in [0.29, 0.717) is 5.75 Å². The second kappa shape index (κ2) is 7.93. The van der Waals surface area contributed by atoms with Crippen LogP contribution in [0.1, 0.15) is 21.6 Å². The Hall–Kier alpha value is -3.38. The Bertz CT molecular complexity index is 1210. The Morgan fingerprint density at radius 3 is 2.83 bits per heavy atom. The van der Waals surface area contributed by atoms with Crippen molar-refractivity contribution in [2.24, 2.45) is 0 Å². The lowest BCUT2D eigenvalue weighted by Gasteiger charge is -2.11. The number of carbonyl (C=O) groups excluding carboxylic acids is 1. The van der Waals surface area contributed by atoms with Crippen LogP contribution in [0, 0.1) is 12.7 Å². The van der Waals surface area contributed by atoms with Crippen molar-refractivity contribution < 1.29 is 13.9 Å². The summed E-state index contributed by atoms with van der Waals surface area (Å²) in [4.78, 5) is 17.2. The molecule has 146 valence electrons. The van der Waals surface area contributed by atoms with E-state index in [4.69, 9.17) is 16.3 Å². The van der Waals surface area contributed by atoms with Crippen molar-refractivity contribution in [2.75, 3.05) is 5.32 Å². The van der Waals surface area contributed by atoms with Crippen LogP contribution in [0.15, 0.2) is 67.0 Å². The number of aromatic nitrogens is 2. The lowest BCUT2D eigenvalue weighted by molar-refractivity contribution is 0.102. The third kappa shape index (κ3) is 3.93. The quantitative estimate of drug-likeness (QED) is 0.488. The number of rotatable bonds is 5. The molecule has 1 N–H and O–H groups in total. The van der Waals surface area contributed by atoms with Gasteiger partial charge in [0.2, 0.25) is 0 Å². The van der Waals surface area contributed by atoms with E-state index in [1.54, 1.807) is 30.3 Å². The van der Waals surface area contributed by atoms with Gasteiger partial charge in [0.25, 0.3) is 5.91 Å². The van der Waals surface area contributed by atoms with E-state index in [2.05, 4.69) is 10.3 Å². The molecule has 0 atom stereocenters. The third-order valence-electron chi connectivity index (χ3n) is 4.43. The Labute approximate surface area is 171 Å². The molecule has 2 heterocycles. The van der Waals surface area contributed by atoms with Crippen LogP contribution in [0.25, 0.3) is 5.65 Å². The molecule has 29 heavy (non-hydrogen) atoms. The average Bonchev–Trinajstić information content (AvgIpc) is 3.15. The van der Waals surface area contributed by atoms with Gasteiger partial charge < -0.3 is 14.5 Å².